The van der Waals surface area contributed by atoms with Crippen LogP contribution < -0.4 is 16.4 Å². The molecule has 0 aromatic heterocycles. The van der Waals surface area contributed by atoms with Gasteiger partial charge >= 0.3 is 6.03 Å². The SMILES string of the molecule is Cc1cccc(Cl)c1NC(C)C(=O)NC(N)=O. The first-order chi connectivity index (χ1) is 7.91. The fourth-order valence-corrected chi connectivity index (χ4v) is 1.60. The quantitative estimate of drug-likeness (QED) is 0.768. The van der Waals surface area contributed by atoms with Crippen LogP contribution >= 0.6 is 11.6 Å². The van der Waals surface area contributed by atoms with E-state index in [1.54, 1.807) is 13.0 Å². The Labute approximate surface area is 104 Å². The van der Waals surface area contributed by atoms with Crippen molar-refractivity contribution in [1.82, 2.24) is 5.32 Å². The van der Waals surface area contributed by atoms with Gasteiger partial charge in [0.15, 0.2) is 0 Å². The van der Waals surface area contributed by atoms with Gasteiger partial charge in [-0.3, -0.25) is 10.1 Å². The molecule has 0 saturated heterocycles. The third-order valence-corrected chi connectivity index (χ3v) is 2.54. The van der Waals surface area contributed by atoms with Crippen LogP contribution in [-0.2, 0) is 4.79 Å². The predicted molar refractivity (Wildman–Crippen MR) is 67.0 cm³/mol. The minimum absolute atomic E-state index is 0.503. The van der Waals surface area contributed by atoms with Gasteiger partial charge in [-0.1, -0.05) is 23.7 Å². The topological polar surface area (TPSA) is 84.2 Å². The van der Waals surface area contributed by atoms with E-state index < -0.39 is 18.0 Å². The molecule has 0 aliphatic carbocycles. The van der Waals surface area contributed by atoms with Gasteiger partial charge in [-0.15, -0.1) is 0 Å². The van der Waals surface area contributed by atoms with Crippen LogP contribution in [0.1, 0.15) is 12.5 Å². The standard InChI is InChI=1S/C11H14ClN3O2/c1-6-4-3-5-8(12)9(6)14-7(2)10(16)15-11(13)17/h3-5,7,14H,1-2H3,(H3,13,15,16,17). The minimum Gasteiger partial charge on any atom is -0.372 e. The normalized spacial score (nSPS) is 11.7. The summed E-state index contributed by atoms with van der Waals surface area (Å²) < 4.78 is 0. The maximum atomic E-state index is 11.5. The zero-order valence-corrected chi connectivity index (χ0v) is 10.3. The summed E-state index contributed by atoms with van der Waals surface area (Å²) in [7, 11) is 0. The van der Waals surface area contributed by atoms with E-state index in [1.807, 2.05) is 24.4 Å². The molecule has 0 spiro atoms. The number of halogens is 1. The Morgan fingerprint density at radius 3 is 2.59 bits per heavy atom. The van der Waals surface area contributed by atoms with Crippen molar-refractivity contribution in [3.8, 4) is 0 Å². The Balaban J connectivity index is 2.77. The highest BCUT2D eigenvalue weighted by atomic mass is 35.5. The summed E-state index contributed by atoms with van der Waals surface area (Å²) in [6.07, 6.45) is 0. The molecule has 1 aromatic rings. The van der Waals surface area contributed by atoms with Crippen LogP contribution in [0, 0.1) is 6.92 Å². The van der Waals surface area contributed by atoms with Gasteiger partial charge < -0.3 is 11.1 Å². The first kappa shape index (κ1) is 13.3. The smallest absolute Gasteiger partial charge is 0.318 e. The van der Waals surface area contributed by atoms with Crippen molar-refractivity contribution in [3.05, 3.63) is 28.8 Å². The largest absolute Gasteiger partial charge is 0.372 e. The predicted octanol–water partition coefficient (Wildman–Crippen LogP) is 1.64. The third-order valence-electron chi connectivity index (χ3n) is 2.22. The average molecular weight is 256 g/mol. The number of nitrogens with two attached hydrogens (primary N) is 1. The van der Waals surface area contributed by atoms with Crippen molar-refractivity contribution in [2.24, 2.45) is 5.73 Å². The van der Waals surface area contributed by atoms with E-state index >= 15 is 0 Å². The van der Waals surface area contributed by atoms with Gasteiger partial charge in [-0.05, 0) is 25.5 Å². The van der Waals surface area contributed by atoms with Crippen LogP contribution in [0.25, 0.3) is 0 Å². The molecule has 0 saturated carbocycles. The summed E-state index contributed by atoms with van der Waals surface area (Å²) in [6, 6.07) is 3.92. The van der Waals surface area contributed by atoms with Crippen LogP contribution in [0.5, 0.6) is 0 Å². The van der Waals surface area contributed by atoms with Crippen molar-refractivity contribution in [3.63, 3.8) is 0 Å². The van der Waals surface area contributed by atoms with E-state index in [4.69, 9.17) is 17.3 Å². The molecule has 5 nitrogen and oxygen atoms in total. The lowest BCUT2D eigenvalue weighted by Gasteiger charge is -2.16. The lowest BCUT2D eigenvalue weighted by Crippen LogP contribution is -2.43. The lowest BCUT2D eigenvalue weighted by molar-refractivity contribution is -0.120. The maximum Gasteiger partial charge on any atom is 0.318 e. The van der Waals surface area contributed by atoms with E-state index in [1.165, 1.54) is 0 Å². The van der Waals surface area contributed by atoms with Crippen molar-refractivity contribution >= 4 is 29.2 Å². The van der Waals surface area contributed by atoms with Gasteiger partial charge in [-0.25, -0.2) is 4.79 Å². The number of aryl methyl sites for hydroxylation is 1. The van der Waals surface area contributed by atoms with Gasteiger partial charge in [0.05, 0.1) is 10.7 Å². The number of benzene rings is 1. The number of hydrogen-bond acceptors (Lipinski definition) is 3. The second kappa shape index (κ2) is 5.54. The van der Waals surface area contributed by atoms with E-state index in [-0.39, 0.29) is 0 Å². The monoisotopic (exact) mass is 255 g/mol. The number of rotatable bonds is 3. The number of hydrogen-bond donors (Lipinski definition) is 3. The molecular formula is C11H14ClN3O2. The number of carbonyl (C=O) groups is 2. The zero-order chi connectivity index (χ0) is 13.0. The number of para-hydroxylation sites is 1. The summed E-state index contributed by atoms with van der Waals surface area (Å²) >= 11 is 6.00. The van der Waals surface area contributed by atoms with E-state index in [9.17, 15) is 9.59 Å². The molecule has 6 heteroatoms. The summed E-state index contributed by atoms with van der Waals surface area (Å²) in [5.41, 5.74) is 6.44. The number of carbonyl (C=O) groups excluding carboxylic acids is 2. The van der Waals surface area contributed by atoms with E-state index in [2.05, 4.69) is 5.32 Å². The summed E-state index contributed by atoms with van der Waals surface area (Å²) in [5.74, 6) is -0.503. The van der Waals surface area contributed by atoms with Crippen LogP contribution in [0.4, 0.5) is 10.5 Å². The number of nitrogens with one attached hydrogen (secondary N) is 2. The second-order valence-corrected chi connectivity index (χ2v) is 4.06. The molecule has 1 atom stereocenters. The maximum absolute atomic E-state index is 11.5. The number of anilines is 1. The number of primary amides is 1. The van der Waals surface area contributed by atoms with Crippen LogP contribution in [0.3, 0.4) is 0 Å². The van der Waals surface area contributed by atoms with Crippen LogP contribution in [-0.4, -0.2) is 18.0 Å². The van der Waals surface area contributed by atoms with Gasteiger partial charge in [-0.2, -0.15) is 0 Å². The molecule has 1 aromatic carbocycles. The zero-order valence-electron chi connectivity index (χ0n) is 9.58. The number of imide groups is 1. The third kappa shape index (κ3) is 3.64. The van der Waals surface area contributed by atoms with Crippen molar-refractivity contribution in [2.45, 2.75) is 19.9 Å². The van der Waals surface area contributed by atoms with Gasteiger partial charge in [0.25, 0.3) is 0 Å². The minimum atomic E-state index is -0.875. The number of urea groups is 1. The number of amides is 3. The molecule has 1 rings (SSSR count). The van der Waals surface area contributed by atoms with Gasteiger partial charge in [0.1, 0.15) is 6.04 Å². The van der Waals surface area contributed by atoms with Gasteiger partial charge in [0.2, 0.25) is 5.91 Å². The molecule has 3 amide bonds. The molecule has 0 bridgehead atoms. The van der Waals surface area contributed by atoms with Crippen molar-refractivity contribution in [2.75, 3.05) is 5.32 Å². The first-order valence-corrected chi connectivity index (χ1v) is 5.41. The molecule has 0 heterocycles. The Hall–Kier alpha value is -1.75. The molecule has 92 valence electrons. The average Bonchev–Trinajstić information content (AvgIpc) is 2.22. The Kier molecular flexibility index (Phi) is 4.34. The van der Waals surface area contributed by atoms with E-state index in [0.717, 1.165) is 5.56 Å². The molecule has 0 radical (unpaired) electrons. The fourth-order valence-electron chi connectivity index (χ4n) is 1.33. The summed E-state index contributed by atoms with van der Waals surface area (Å²) in [6.45, 7) is 3.48. The molecule has 0 aliphatic heterocycles. The first-order valence-electron chi connectivity index (χ1n) is 5.03. The molecule has 17 heavy (non-hydrogen) atoms. The lowest BCUT2D eigenvalue weighted by atomic mass is 10.2. The highest BCUT2D eigenvalue weighted by Crippen LogP contribution is 2.25. The highest BCUT2D eigenvalue weighted by molar-refractivity contribution is 6.33. The fraction of sp³-hybridized carbons (Fsp3) is 0.273. The summed E-state index contributed by atoms with van der Waals surface area (Å²) in [4.78, 5) is 22.0. The Bertz CT molecular complexity index is 428. The highest BCUT2D eigenvalue weighted by Gasteiger charge is 2.16. The molecule has 0 fully saturated rings. The van der Waals surface area contributed by atoms with Crippen molar-refractivity contribution in [1.29, 1.82) is 0 Å². The Morgan fingerprint density at radius 1 is 1.41 bits per heavy atom. The van der Waals surface area contributed by atoms with Gasteiger partial charge in [0, 0.05) is 0 Å². The molecular weight excluding hydrogens is 242 g/mol. The molecule has 1 unspecified atom stereocenters. The van der Waals surface area contributed by atoms with Crippen LogP contribution in [0.2, 0.25) is 5.02 Å². The molecule has 0 aliphatic rings. The Morgan fingerprint density at radius 2 is 2.06 bits per heavy atom. The second-order valence-electron chi connectivity index (χ2n) is 3.65. The van der Waals surface area contributed by atoms with Crippen molar-refractivity contribution < 1.29 is 9.59 Å². The van der Waals surface area contributed by atoms with E-state index in [0.29, 0.717) is 10.7 Å². The summed E-state index contributed by atoms with van der Waals surface area (Å²) in [5, 5.41) is 5.45. The molecule has 4 N–H and O–H groups in total. The van der Waals surface area contributed by atoms with Crippen LogP contribution in [0.15, 0.2) is 18.2 Å².